The van der Waals surface area contributed by atoms with Crippen LogP contribution in [0.5, 0.6) is 0 Å². The summed E-state index contributed by atoms with van der Waals surface area (Å²) in [5, 5.41) is 6.96. The summed E-state index contributed by atoms with van der Waals surface area (Å²) in [4.78, 5) is 23.3. The monoisotopic (exact) mass is 349 g/mol. The van der Waals surface area contributed by atoms with Crippen molar-refractivity contribution in [2.45, 2.75) is 19.4 Å². The van der Waals surface area contributed by atoms with Crippen LogP contribution in [0, 0.1) is 6.92 Å². The van der Waals surface area contributed by atoms with Crippen LogP contribution in [0.25, 0.3) is 11.5 Å². The summed E-state index contributed by atoms with van der Waals surface area (Å²) >= 11 is 0. The number of hydrogen-bond donors (Lipinski definition) is 1. The van der Waals surface area contributed by atoms with Gasteiger partial charge in [-0.2, -0.15) is 4.98 Å². The zero-order chi connectivity index (χ0) is 17.9. The molecule has 1 amide bonds. The van der Waals surface area contributed by atoms with Crippen LogP contribution < -0.4 is 10.2 Å². The van der Waals surface area contributed by atoms with Crippen LogP contribution in [-0.2, 0) is 0 Å². The number of nitrogens with one attached hydrogen (secondary N) is 1. The zero-order valence-electron chi connectivity index (χ0n) is 14.4. The van der Waals surface area contributed by atoms with Gasteiger partial charge < -0.3 is 14.7 Å². The van der Waals surface area contributed by atoms with Crippen LogP contribution in [0.4, 0.5) is 5.82 Å². The van der Waals surface area contributed by atoms with E-state index in [1.54, 1.807) is 13.1 Å². The molecule has 0 spiro atoms. The van der Waals surface area contributed by atoms with Crippen molar-refractivity contribution in [1.82, 2.24) is 20.4 Å². The van der Waals surface area contributed by atoms with E-state index in [9.17, 15) is 4.79 Å². The Bertz CT molecular complexity index is 909. The highest BCUT2D eigenvalue weighted by Gasteiger charge is 2.27. The van der Waals surface area contributed by atoms with Crippen LogP contribution >= 0.6 is 0 Å². The Hall–Kier alpha value is -3.22. The average molecular weight is 349 g/mol. The minimum atomic E-state index is -0.0498. The van der Waals surface area contributed by atoms with E-state index in [2.05, 4.69) is 25.3 Å². The highest BCUT2D eigenvalue weighted by atomic mass is 16.5. The molecule has 0 saturated carbocycles. The topological polar surface area (TPSA) is 84.2 Å². The number of nitrogens with zero attached hydrogens (tertiary/aromatic N) is 4. The van der Waals surface area contributed by atoms with Gasteiger partial charge >= 0.3 is 0 Å². The molecule has 2 aromatic heterocycles. The van der Waals surface area contributed by atoms with E-state index in [-0.39, 0.29) is 11.9 Å². The summed E-state index contributed by atoms with van der Waals surface area (Å²) in [6.45, 7) is 3.28. The molecule has 26 heavy (non-hydrogen) atoms. The number of aryl methyl sites for hydroxylation is 1. The number of amides is 1. The van der Waals surface area contributed by atoms with Gasteiger partial charge in [0.2, 0.25) is 0 Å². The number of hydrogen-bond acceptors (Lipinski definition) is 6. The molecule has 1 atom stereocenters. The van der Waals surface area contributed by atoms with Crippen molar-refractivity contribution >= 4 is 11.7 Å². The smallest absolute Gasteiger partial charge is 0.261 e. The Labute approximate surface area is 151 Å². The first-order valence-electron chi connectivity index (χ1n) is 8.57. The second kappa shape index (κ2) is 6.95. The fraction of sp³-hybridized carbons (Fsp3) is 0.263. The van der Waals surface area contributed by atoms with Gasteiger partial charge in [-0.3, -0.25) is 4.79 Å². The van der Waals surface area contributed by atoms with Crippen molar-refractivity contribution in [3.05, 3.63) is 60.0 Å². The molecular formula is C19H19N5O2. The van der Waals surface area contributed by atoms with Gasteiger partial charge in [0.1, 0.15) is 5.82 Å². The minimum absolute atomic E-state index is 0.0498. The molecule has 1 aliphatic heterocycles. The van der Waals surface area contributed by atoms with E-state index in [0.29, 0.717) is 23.8 Å². The van der Waals surface area contributed by atoms with E-state index >= 15 is 0 Å². The summed E-state index contributed by atoms with van der Waals surface area (Å²) in [5.41, 5.74) is 1.48. The van der Waals surface area contributed by atoms with Gasteiger partial charge in [0.05, 0.1) is 5.56 Å². The fourth-order valence-electron chi connectivity index (χ4n) is 3.15. The summed E-state index contributed by atoms with van der Waals surface area (Å²) in [7, 11) is 0. The maximum atomic E-state index is 12.4. The molecule has 0 unspecified atom stereocenters. The molecule has 0 radical (unpaired) electrons. The maximum Gasteiger partial charge on any atom is 0.261 e. The number of aromatic nitrogens is 3. The van der Waals surface area contributed by atoms with Gasteiger partial charge in [0.25, 0.3) is 11.8 Å². The summed E-state index contributed by atoms with van der Waals surface area (Å²) < 4.78 is 5.30. The number of carbonyl (C=O) groups excluding carboxylic acids is 1. The second-order valence-corrected chi connectivity index (χ2v) is 6.29. The third-order valence-electron chi connectivity index (χ3n) is 4.40. The number of anilines is 1. The van der Waals surface area contributed by atoms with Crippen molar-refractivity contribution in [1.29, 1.82) is 0 Å². The minimum Gasteiger partial charge on any atom is -0.354 e. The van der Waals surface area contributed by atoms with Crippen molar-refractivity contribution in [3.63, 3.8) is 0 Å². The molecule has 132 valence electrons. The SMILES string of the molecule is Cc1noc(-c2cccnc2N2CC[C@H](NC(=O)c3ccccc3)C2)n1. The largest absolute Gasteiger partial charge is 0.354 e. The lowest BCUT2D eigenvalue weighted by Crippen LogP contribution is -2.37. The number of benzene rings is 1. The van der Waals surface area contributed by atoms with E-state index < -0.39 is 0 Å². The summed E-state index contributed by atoms with van der Waals surface area (Å²) in [5.74, 6) is 1.80. The van der Waals surface area contributed by atoms with Crippen molar-refractivity contribution < 1.29 is 9.32 Å². The summed E-state index contributed by atoms with van der Waals surface area (Å²) in [6, 6.07) is 13.1. The predicted octanol–water partition coefficient (Wildman–Crippen LogP) is 2.45. The van der Waals surface area contributed by atoms with Gasteiger partial charge in [-0.05, 0) is 37.6 Å². The Morgan fingerprint density at radius 2 is 2.08 bits per heavy atom. The van der Waals surface area contributed by atoms with E-state index in [1.807, 2.05) is 42.5 Å². The third kappa shape index (κ3) is 3.28. The summed E-state index contributed by atoms with van der Waals surface area (Å²) in [6.07, 6.45) is 2.61. The number of carbonyl (C=O) groups is 1. The fourth-order valence-corrected chi connectivity index (χ4v) is 3.15. The number of pyridine rings is 1. The lowest BCUT2D eigenvalue weighted by atomic mass is 10.2. The second-order valence-electron chi connectivity index (χ2n) is 6.29. The molecule has 1 aromatic carbocycles. The first kappa shape index (κ1) is 16.3. The molecular weight excluding hydrogens is 330 g/mol. The van der Waals surface area contributed by atoms with Crippen LogP contribution in [0.3, 0.4) is 0 Å². The Morgan fingerprint density at radius 1 is 1.23 bits per heavy atom. The highest BCUT2D eigenvalue weighted by Crippen LogP contribution is 2.29. The molecule has 1 saturated heterocycles. The standard InChI is InChI=1S/C19H19N5O2/c1-13-21-19(26-23-13)16-8-5-10-20-17(16)24-11-9-15(12-24)22-18(25)14-6-3-2-4-7-14/h2-8,10,15H,9,11-12H2,1H3,(H,22,25)/t15-/m0/s1. The molecule has 0 bridgehead atoms. The average Bonchev–Trinajstić information content (AvgIpc) is 3.31. The Kier molecular flexibility index (Phi) is 4.35. The van der Waals surface area contributed by atoms with Gasteiger partial charge in [-0.25, -0.2) is 4.98 Å². The van der Waals surface area contributed by atoms with E-state index in [1.165, 1.54) is 0 Å². The maximum absolute atomic E-state index is 12.4. The molecule has 3 heterocycles. The van der Waals surface area contributed by atoms with Crippen molar-refractivity contribution in [3.8, 4) is 11.5 Å². The van der Waals surface area contributed by atoms with Crippen LogP contribution in [0.1, 0.15) is 22.6 Å². The first-order chi connectivity index (χ1) is 12.7. The van der Waals surface area contributed by atoms with E-state index in [4.69, 9.17) is 4.52 Å². The zero-order valence-corrected chi connectivity index (χ0v) is 14.4. The molecule has 0 aliphatic carbocycles. The van der Waals surface area contributed by atoms with Crippen LogP contribution in [-0.4, -0.2) is 40.2 Å². The van der Waals surface area contributed by atoms with Crippen molar-refractivity contribution in [2.75, 3.05) is 18.0 Å². The molecule has 7 heteroatoms. The third-order valence-corrected chi connectivity index (χ3v) is 4.40. The predicted molar refractivity (Wildman–Crippen MR) is 96.8 cm³/mol. The Balaban J connectivity index is 1.49. The quantitative estimate of drug-likeness (QED) is 0.779. The van der Waals surface area contributed by atoms with Gasteiger partial charge in [0, 0.05) is 30.9 Å². The molecule has 7 nitrogen and oxygen atoms in total. The molecule has 1 aliphatic rings. The van der Waals surface area contributed by atoms with Gasteiger partial charge in [-0.15, -0.1) is 0 Å². The molecule has 1 fully saturated rings. The first-order valence-corrected chi connectivity index (χ1v) is 8.57. The van der Waals surface area contributed by atoms with Gasteiger partial charge in [-0.1, -0.05) is 23.4 Å². The van der Waals surface area contributed by atoms with E-state index in [0.717, 1.165) is 24.3 Å². The Morgan fingerprint density at radius 3 is 2.85 bits per heavy atom. The highest BCUT2D eigenvalue weighted by molar-refractivity contribution is 5.94. The molecule has 3 aromatic rings. The lowest BCUT2D eigenvalue weighted by Gasteiger charge is -2.19. The van der Waals surface area contributed by atoms with Gasteiger partial charge in [0.15, 0.2) is 5.82 Å². The number of rotatable bonds is 4. The normalized spacial score (nSPS) is 16.7. The van der Waals surface area contributed by atoms with Crippen LogP contribution in [0.2, 0.25) is 0 Å². The van der Waals surface area contributed by atoms with Crippen molar-refractivity contribution in [2.24, 2.45) is 0 Å². The molecule has 4 rings (SSSR count). The molecule has 1 N–H and O–H groups in total. The van der Waals surface area contributed by atoms with Crippen LogP contribution in [0.15, 0.2) is 53.2 Å². The lowest BCUT2D eigenvalue weighted by molar-refractivity contribution is 0.0940.